The highest BCUT2D eigenvalue weighted by Crippen LogP contribution is 2.35. The molecule has 128 valence electrons. The van der Waals surface area contributed by atoms with E-state index in [2.05, 4.69) is 0 Å². The third-order valence-electron chi connectivity index (χ3n) is 3.38. The predicted octanol–water partition coefficient (Wildman–Crippen LogP) is -2.24. The number of benzene rings is 1. The van der Waals surface area contributed by atoms with Crippen molar-refractivity contribution in [1.29, 1.82) is 0 Å². The highest BCUT2D eigenvalue weighted by Gasteiger charge is 2.45. The van der Waals surface area contributed by atoms with Crippen LogP contribution < -0.4 is 0 Å². The number of carbonyl (C=O) groups excluding carboxylic acids is 1. The average molecular weight is 332 g/mol. The Hall–Kier alpha value is -2.11. The van der Waals surface area contributed by atoms with E-state index in [0.29, 0.717) is 0 Å². The first kappa shape index (κ1) is 17.2. The average Bonchev–Trinajstić information content (AvgIpc) is 2.52. The Bertz CT molecular complexity index is 563. The van der Waals surface area contributed by atoms with Crippen molar-refractivity contribution in [2.45, 2.75) is 30.7 Å². The summed E-state index contributed by atoms with van der Waals surface area (Å²) >= 11 is 0. The van der Waals surface area contributed by atoms with Gasteiger partial charge < -0.3 is 45.2 Å². The van der Waals surface area contributed by atoms with Crippen LogP contribution in [0.3, 0.4) is 0 Å². The van der Waals surface area contributed by atoms with Gasteiger partial charge in [-0.2, -0.15) is 0 Å². The number of hydrogen-bond acceptors (Lipinski definition) is 10. The maximum absolute atomic E-state index is 11.9. The van der Waals surface area contributed by atoms with Gasteiger partial charge in [-0.25, -0.2) is 4.79 Å². The number of phenolic OH excluding ortho intramolecular Hbond substituents is 3. The molecule has 0 amide bonds. The van der Waals surface area contributed by atoms with E-state index in [1.54, 1.807) is 0 Å². The van der Waals surface area contributed by atoms with Gasteiger partial charge in [0.05, 0.1) is 12.2 Å². The highest BCUT2D eigenvalue weighted by molar-refractivity contribution is 5.91. The molecular weight excluding hydrogens is 316 g/mol. The second kappa shape index (κ2) is 6.56. The number of rotatable bonds is 3. The summed E-state index contributed by atoms with van der Waals surface area (Å²) in [5.74, 6) is -3.52. The Kier molecular flexibility index (Phi) is 4.92. The lowest BCUT2D eigenvalue weighted by Crippen LogP contribution is -2.59. The topological polar surface area (TPSA) is 177 Å². The summed E-state index contributed by atoms with van der Waals surface area (Å²) in [7, 11) is 0. The molecule has 10 heteroatoms. The van der Waals surface area contributed by atoms with Gasteiger partial charge in [0.1, 0.15) is 24.4 Å². The molecule has 1 fully saturated rings. The van der Waals surface area contributed by atoms with Gasteiger partial charge in [0.2, 0.25) is 6.29 Å². The van der Waals surface area contributed by atoms with Crippen molar-refractivity contribution in [1.82, 2.24) is 0 Å². The number of hydrogen-bond donors (Lipinski definition) is 7. The first-order valence-corrected chi connectivity index (χ1v) is 6.52. The van der Waals surface area contributed by atoms with Crippen molar-refractivity contribution < 1.29 is 50.0 Å². The third kappa shape index (κ3) is 3.30. The minimum atomic E-state index is -1.78. The molecule has 0 aromatic heterocycles. The quantitative estimate of drug-likeness (QED) is 0.236. The van der Waals surface area contributed by atoms with Crippen LogP contribution in [0.25, 0.3) is 0 Å². The van der Waals surface area contributed by atoms with Crippen LogP contribution >= 0.6 is 0 Å². The van der Waals surface area contributed by atoms with Gasteiger partial charge in [0.15, 0.2) is 17.2 Å². The lowest BCUT2D eigenvalue weighted by Gasteiger charge is -2.39. The first-order chi connectivity index (χ1) is 10.8. The third-order valence-corrected chi connectivity index (χ3v) is 3.38. The maximum atomic E-state index is 11.9. The molecule has 1 aliphatic heterocycles. The molecule has 0 aliphatic carbocycles. The van der Waals surface area contributed by atoms with E-state index < -0.39 is 60.5 Å². The van der Waals surface area contributed by atoms with E-state index >= 15 is 0 Å². The Balaban J connectivity index is 2.16. The number of esters is 1. The second-order valence-corrected chi connectivity index (χ2v) is 4.97. The van der Waals surface area contributed by atoms with Crippen LogP contribution in [-0.2, 0) is 9.47 Å². The molecule has 10 nitrogen and oxygen atoms in total. The van der Waals surface area contributed by atoms with Gasteiger partial charge in [-0.15, -0.1) is 0 Å². The summed E-state index contributed by atoms with van der Waals surface area (Å²) < 4.78 is 9.77. The molecule has 7 N–H and O–H groups in total. The summed E-state index contributed by atoms with van der Waals surface area (Å²) in [5.41, 5.74) is -0.366. The lowest BCUT2D eigenvalue weighted by molar-refractivity contribution is -0.285. The van der Waals surface area contributed by atoms with Crippen molar-refractivity contribution in [3.05, 3.63) is 17.7 Å². The number of aliphatic hydroxyl groups is 4. The molecule has 0 unspecified atom stereocenters. The van der Waals surface area contributed by atoms with Gasteiger partial charge in [0, 0.05) is 0 Å². The Labute approximate surface area is 129 Å². The van der Waals surface area contributed by atoms with E-state index in [0.717, 1.165) is 12.1 Å². The van der Waals surface area contributed by atoms with Gasteiger partial charge in [-0.05, 0) is 12.1 Å². The van der Waals surface area contributed by atoms with Crippen molar-refractivity contribution in [3.8, 4) is 17.2 Å². The van der Waals surface area contributed by atoms with Gasteiger partial charge in [-0.3, -0.25) is 0 Å². The van der Waals surface area contributed by atoms with Crippen LogP contribution in [0.5, 0.6) is 17.2 Å². The minimum absolute atomic E-state index is 0.366. The van der Waals surface area contributed by atoms with Gasteiger partial charge in [-0.1, -0.05) is 0 Å². The molecule has 1 aromatic rings. The Morgan fingerprint density at radius 3 is 2.13 bits per heavy atom. The van der Waals surface area contributed by atoms with Gasteiger partial charge in [0.25, 0.3) is 0 Å². The van der Waals surface area contributed by atoms with Crippen LogP contribution in [0.2, 0.25) is 0 Å². The zero-order valence-electron chi connectivity index (χ0n) is 11.6. The van der Waals surface area contributed by atoms with Crippen LogP contribution in [-0.4, -0.2) is 79.0 Å². The molecule has 2 rings (SSSR count). The van der Waals surface area contributed by atoms with Crippen molar-refractivity contribution in [2.24, 2.45) is 0 Å². The molecule has 0 saturated carbocycles. The summed E-state index contributed by atoms with van der Waals surface area (Å²) in [4.78, 5) is 11.9. The number of ether oxygens (including phenoxy) is 2. The lowest BCUT2D eigenvalue weighted by atomic mass is 9.99. The van der Waals surface area contributed by atoms with Gasteiger partial charge >= 0.3 is 5.97 Å². The van der Waals surface area contributed by atoms with E-state index in [1.165, 1.54) is 0 Å². The summed E-state index contributed by atoms with van der Waals surface area (Å²) in [5, 5.41) is 65.8. The highest BCUT2D eigenvalue weighted by atomic mass is 16.7. The largest absolute Gasteiger partial charge is 0.504 e. The molecule has 23 heavy (non-hydrogen) atoms. The van der Waals surface area contributed by atoms with Crippen LogP contribution in [0, 0.1) is 0 Å². The molecule has 1 heterocycles. The fourth-order valence-electron chi connectivity index (χ4n) is 2.06. The predicted molar refractivity (Wildman–Crippen MR) is 70.6 cm³/mol. The summed E-state index contributed by atoms with van der Waals surface area (Å²) in [6.07, 6.45) is -8.06. The zero-order valence-corrected chi connectivity index (χ0v) is 11.6. The second-order valence-electron chi connectivity index (χ2n) is 4.97. The van der Waals surface area contributed by atoms with E-state index in [1.807, 2.05) is 0 Å². The summed E-state index contributed by atoms with van der Waals surface area (Å²) in [6.45, 7) is -0.695. The molecule has 1 aliphatic rings. The fourth-order valence-corrected chi connectivity index (χ4v) is 2.06. The summed E-state index contributed by atoms with van der Waals surface area (Å²) in [6, 6.07) is 1.61. The molecule has 0 radical (unpaired) electrons. The number of carbonyl (C=O) groups is 1. The van der Waals surface area contributed by atoms with Crippen LogP contribution in [0.15, 0.2) is 12.1 Å². The first-order valence-electron chi connectivity index (χ1n) is 6.52. The van der Waals surface area contributed by atoms with Crippen molar-refractivity contribution >= 4 is 5.97 Å². The van der Waals surface area contributed by atoms with Crippen LogP contribution in [0.4, 0.5) is 0 Å². The standard InChI is InChI=1S/C13H16O10/c14-3-7-9(18)10(19)11(20)13(22-7)23-12(21)4-1-5(15)8(17)6(16)2-4/h1-2,7,9-11,13-20H,3H2/t7-,9+,10-,11-,13-/m0/s1. The zero-order chi connectivity index (χ0) is 17.3. The molecule has 1 saturated heterocycles. The van der Waals surface area contributed by atoms with E-state index in [-0.39, 0.29) is 5.56 Å². The fraction of sp³-hybridized carbons (Fsp3) is 0.462. The molecule has 1 aromatic carbocycles. The van der Waals surface area contributed by atoms with Crippen LogP contribution in [0.1, 0.15) is 10.4 Å². The molecule has 5 atom stereocenters. The SMILES string of the molecule is O=C(O[C@@H]1O[C@@H](CO)[C@@H](O)[C@H](O)[C@@H]1O)c1cc(O)c(O)c(O)c1. The van der Waals surface area contributed by atoms with Crippen molar-refractivity contribution in [2.75, 3.05) is 6.61 Å². The smallest absolute Gasteiger partial charge is 0.340 e. The van der Waals surface area contributed by atoms with E-state index in [9.17, 15) is 35.4 Å². The number of aliphatic hydroxyl groups excluding tert-OH is 4. The molecule has 0 spiro atoms. The monoisotopic (exact) mass is 332 g/mol. The van der Waals surface area contributed by atoms with E-state index in [4.69, 9.17) is 14.6 Å². The normalized spacial score (nSPS) is 30.9. The molecule has 0 bridgehead atoms. The maximum Gasteiger partial charge on any atom is 0.340 e. The Morgan fingerprint density at radius 1 is 1.04 bits per heavy atom. The molecular formula is C13H16O10. The number of aromatic hydroxyl groups is 3. The number of phenols is 3. The Morgan fingerprint density at radius 2 is 1.61 bits per heavy atom. The van der Waals surface area contributed by atoms with Crippen molar-refractivity contribution in [3.63, 3.8) is 0 Å². The minimum Gasteiger partial charge on any atom is -0.504 e.